The van der Waals surface area contributed by atoms with E-state index < -0.39 is 0 Å². The molecule has 4 aromatic rings. The van der Waals surface area contributed by atoms with Crippen LogP contribution in [-0.4, -0.2) is 26.9 Å². The van der Waals surface area contributed by atoms with Gasteiger partial charge in [0.05, 0.1) is 12.9 Å². The molecule has 0 spiro atoms. The molecular formula is C19H18N4O2S2. The molecule has 0 N–H and O–H groups in total. The SMILES string of the molecule is COc1ccc(OCc2nn3c(CSCc4ccccc4)nnc3s2)cc1. The fourth-order valence-electron chi connectivity index (χ4n) is 2.50. The van der Waals surface area contributed by atoms with Crippen LogP contribution >= 0.6 is 23.1 Å². The number of hydrogen-bond donors (Lipinski definition) is 0. The molecular weight excluding hydrogens is 380 g/mol. The molecule has 0 aliphatic rings. The highest BCUT2D eigenvalue weighted by Gasteiger charge is 2.12. The van der Waals surface area contributed by atoms with E-state index in [1.165, 1.54) is 16.9 Å². The van der Waals surface area contributed by atoms with Crippen LogP contribution in [0.25, 0.3) is 4.96 Å². The molecule has 0 saturated heterocycles. The lowest BCUT2D eigenvalue weighted by atomic mass is 10.2. The van der Waals surface area contributed by atoms with Gasteiger partial charge in [-0.2, -0.15) is 9.61 Å². The van der Waals surface area contributed by atoms with E-state index in [4.69, 9.17) is 9.47 Å². The Bertz CT molecular complexity index is 1000. The van der Waals surface area contributed by atoms with Gasteiger partial charge in [-0.15, -0.1) is 22.0 Å². The molecule has 0 fully saturated rings. The van der Waals surface area contributed by atoms with E-state index in [1.54, 1.807) is 18.9 Å². The van der Waals surface area contributed by atoms with Gasteiger partial charge >= 0.3 is 0 Å². The number of aromatic nitrogens is 4. The van der Waals surface area contributed by atoms with Crippen LogP contribution in [-0.2, 0) is 18.1 Å². The first-order valence-electron chi connectivity index (χ1n) is 8.40. The van der Waals surface area contributed by atoms with Crippen molar-refractivity contribution in [2.24, 2.45) is 0 Å². The second kappa shape index (κ2) is 8.41. The first kappa shape index (κ1) is 17.8. The molecule has 27 heavy (non-hydrogen) atoms. The molecule has 0 aliphatic carbocycles. The normalized spacial score (nSPS) is 11.0. The summed E-state index contributed by atoms with van der Waals surface area (Å²) in [4.78, 5) is 0.790. The highest BCUT2D eigenvalue weighted by molar-refractivity contribution is 7.97. The third-order valence-corrected chi connectivity index (χ3v) is 5.73. The minimum absolute atomic E-state index is 0.400. The topological polar surface area (TPSA) is 61.5 Å². The van der Waals surface area contributed by atoms with E-state index in [1.807, 2.05) is 34.8 Å². The lowest BCUT2D eigenvalue weighted by Gasteiger charge is -2.04. The van der Waals surface area contributed by atoms with E-state index in [9.17, 15) is 0 Å². The summed E-state index contributed by atoms with van der Waals surface area (Å²) in [5, 5.41) is 13.9. The highest BCUT2D eigenvalue weighted by atomic mass is 32.2. The van der Waals surface area contributed by atoms with Gasteiger partial charge in [-0.1, -0.05) is 41.7 Å². The Morgan fingerprint density at radius 1 is 0.963 bits per heavy atom. The van der Waals surface area contributed by atoms with E-state index in [-0.39, 0.29) is 0 Å². The zero-order valence-corrected chi connectivity index (χ0v) is 16.4. The Hall–Kier alpha value is -2.58. The van der Waals surface area contributed by atoms with Gasteiger partial charge in [0, 0.05) is 5.75 Å². The summed E-state index contributed by atoms with van der Waals surface area (Å²) in [6.07, 6.45) is 0. The van der Waals surface area contributed by atoms with E-state index >= 15 is 0 Å². The van der Waals surface area contributed by atoms with Gasteiger partial charge in [-0.3, -0.25) is 0 Å². The zero-order valence-electron chi connectivity index (χ0n) is 14.7. The molecule has 0 aliphatic heterocycles. The Kier molecular flexibility index (Phi) is 5.55. The van der Waals surface area contributed by atoms with Crippen molar-refractivity contribution in [3.05, 3.63) is 71.0 Å². The first-order chi connectivity index (χ1) is 13.3. The molecule has 4 rings (SSSR count). The van der Waals surface area contributed by atoms with Gasteiger partial charge in [0.25, 0.3) is 0 Å². The van der Waals surface area contributed by atoms with Crippen molar-refractivity contribution >= 4 is 28.1 Å². The maximum atomic E-state index is 5.79. The van der Waals surface area contributed by atoms with E-state index in [0.717, 1.165) is 38.8 Å². The lowest BCUT2D eigenvalue weighted by Crippen LogP contribution is -1.99. The van der Waals surface area contributed by atoms with Crippen LogP contribution in [0.1, 0.15) is 16.4 Å². The molecule has 2 aromatic carbocycles. The Labute approximate surface area is 165 Å². The fourth-order valence-corrected chi connectivity index (χ4v) is 4.16. The first-order valence-corrected chi connectivity index (χ1v) is 10.4. The molecule has 0 atom stereocenters. The molecule has 2 heterocycles. The second-order valence-corrected chi connectivity index (χ2v) is 7.78. The smallest absolute Gasteiger partial charge is 0.234 e. The third kappa shape index (κ3) is 4.40. The molecule has 0 unspecified atom stereocenters. The van der Waals surface area contributed by atoms with Gasteiger partial charge in [-0.05, 0) is 29.8 Å². The van der Waals surface area contributed by atoms with E-state index in [2.05, 4.69) is 39.6 Å². The number of fused-ring (bicyclic) bond motifs is 1. The van der Waals surface area contributed by atoms with Crippen molar-refractivity contribution in [3.63, 3.8) is 0 Å². The minimum Gasteiger partial charge on any atom is -0.497 e. The predicted octanol–water partition coefficient (Wildman–Crippen LogP) is 4.21. The molecule has 0 radical (unpaired) electrons. The van der Waals surface area contributed by atoms with Crippen LogP contribution in [0.2, 0.25) is 0 Å². The standard InChI is InChI=1S/C19H18N4O2S2/c1-24-15-7-9-16(10-8-15)25-11-18-22-23-17(20-21-19(23)27-18)13-26-12-14-5-3-2-4-6-14/h2-10H,11-13H2,1H3. The van der Waals surface area contributed by atoms with Gasteiger partial charge in [0.1, 0.15) is 18.1 Å². The number of nitrogens with zero attached hydrogens (tertiary/aromatic N) is 4. The molecule has 0 saturated carbocycles. The lowest BCUT2D eigenvalue weighted by molar-refractivity contribution is 0.303. The number of benzene rings is 2. The van der Waals surface area contributed by atoms with Gasteiger partial charge < -0.3 is 9.47 Å². The summed E-state index contributed by atoms with van der Waals surface area (Å²) >= 11 is 3.29. The van der Waals surface area contributed by atoms with Gasteiger partial charge in [0.2, 0.25) is 4.96 Å². The highest BCUT2D eigenvalue weighted by Crippen LogP contribution is 2.22. The number of methoxy groups -OCH3 is 1. The number of ether oxygens (including phenoxy) is 2. The predicted molar refractivity (Wildman–Crippen MR) is 107 cm³/mol. The zero-order chi connectivity index (χ0) is 18.5. The van der Waals surface area contributed by atoms with Crippen LogP contribution in [0.5, 0.6) is 11.5 Å². The second-order valence-electron chi connectivity index (χ2n) is 5.75. The van der Waals surface area contributed by atoms with Crippen molar-refractivity contribution in [1.29, 1.82) is 0 Å². The monoisotopic (exact) mass is 398 g/mol. The van der Waals surface area contributed by atoms with Crippen LogP contribution in [0.15, 0.2) is 54.6 Å². The summed E-state index contributed by atoms with van der Waals surface area (Å²) in [7, 11) is 1.64. The van der Waals surface area contributed by atoms with Crippen molar-refractivity contribution in [1.82, 2.24) is 19.8 Å². The third-order valence-electron chi connectivity index (χ3n) is 3.86. The van der Waals surface area contributed by atoms with E-state index in [0.29, 0.717) is 6.61 Å². The average Bonchev–Trinajstić information content (AvgIpc) is 3.29. The van der Waals surface area contributed by atoms with Crippen molar-refractivity contribution in [3.8, 4) is 11.5 Å². The largest absolute Gasteiger partial charge is 0.497 e. The number of thioether (sulfide) groups is 1. The summed E-state index contributed by atoms with van der Waals surface area (Å²) in [6.45, 7) is 0.400. The molecule has 0 amide bonds. The van der Waals surface area contributed by atoms with Crippen LogP contribution in [0, 0.1) is 0 Å². The van der Waals surface area contributed by atoms with Crippen molar-refractivity contribution in [2.45, 2.75) is 18.1 Å². The summed E-state index contributed by atoms with van der Waals surface area (Å²) in [5.41, 5.74) is 1.30. The van der Waals surface area contributed by atoms with Gasteiger partial charge in [0.15, 0.2) is 10.8 Å². The molecule has 6 nitrogen and oxygen atoms in total. The van der Waals surface area contributed by atoms with Crippen molar-refractivity contribution in [2.75, 3.05) is 7.11 Å². The molecule has 2 aromatic heterocycles. The Morgan fingerprint density at radius 3 is 2.52 bits per heavy atom. The molecule has 138 valence electrons. The summed E-state index contributed by atoms with van der Waals surface area (Å²) < 4.78 is 12.8. The quantitative estimate of drug-likeness (QED) is 0.443. The molecule has 0 bridgehead atoms. The fraction of sp³-hybridized carbons (Fsp3) is 0.211. The number of hydrogen-bond acceptors (Lipinski definition) is 7. The minimum atomic E-state index is 0.400. The van der Waals surface area contributed by atoms with Crippen LogP contribution in [0.4, 0.5) is 0 Å². The summed E-state index contributed by atoms with van der Waals surface area (Å²) in [6, 6.07) is 17.9. The number of rotatable bonds is 8. The van der Waals surface area contributed by atoms with Crippen LogP contribution in [0.3, 0.4) is 0 Å². The molecule has 8 heteroatoms. The maximum Gasteiger partial charge on any atom is 0.234 e. The Morgan fingerprint density at radius 2 is 1.74 bits per heavy atom. The van der Waals surface area contributed by atoms with Crippen LogP contribution < -0.4 is 9.47 Å². The summed E-state index contributed by atoms with van der Waals surface area (Å²) in [5.74, 6) is 4.14. The van der Waals surface area contributed by atoms with Crippen molar-refractivity contribution < 1.29 is 9.47 Å². The Balaban J connectivity index is 1.36. The maximum absolute atomic E-state index is 5.79. The average molecular weight is 399 g/mol. The van der Waals surface area contributed by atoms with Gasteiger partial charge in [-0.25, -0.2) is 0 Å².